The molecule has 172 valence electrons. The summed E-state index contributed by atoms with van der Waals surface area (Å²) in [6, 6.07) is 7.45. The van der Waals surface area contributed by atoms with E-state index in [2.05, 4.69) is 30.4 Å². The predicted molar refractivity (Wildman–Crippen MR) is 121 cm³/mol. The Morgan fingerprint density at radius 1 is 1.06 bits per heavy atom. The van der Waals surface area contributed by atoms with Crippen LogP contribution in [-0.4, -0.2) is 95.5 Å². The molecule has 2 fully saturated rings. The highest BCUT2D eigenvalue weighted by atomic mass is 16.2. The number of aromatic nitrogens is 2. The second-order valence-corrected chi connectivity index (χ2v) is 8.47. The maximum absolute atomic E-state index is 12.7. The van der Waals surface area contributed by atoms with Gasteiger partial charge in [-0.2, -0.15) is 0 Å². The second kappa shape index (κ2) is 10.1. The van der Waals surface area contributed by atoms with E-state index in [1.54, 1.807) is 13.1 Å². The number of carbonyl (C=O) groups excluding carboxylic acids is 2. The summed E-state index contributed by atoms with van der Waals surface area (Å²) in [5.74, 6) is 0.670. The molecule has 2 aliphatic rings. The van der Waals surface area contributed by atoms with E-state index in [9.17, 15) is 14.4 Å². The van der Waals surface area contributed by atoms with Gasteiger partial charge in [0.05, 0.1) is 24.0 Å². The van der Waals surface area contributed by atoms with Gasteiger partial charge in [-0.15, -0.1) is 0 Å². The average Bonchev–Trinajstić information content (AvgIpc) is 2.81. The molecule has 10 nitrogen and oxygen atoms in total. The normalized spacial score (nSPS) is 18.6. The molecular formula is C22H31N7O3. The van der Waals surface area contributed by atoms with Crippen molar-refractivity contribution in [2.75, 3.05) is 52.9 Å². The highest BCUT2D eigenvalue weighted by Gasteiger charge is 2.26. The van der Waals surface area contributed by atoms with Crippen molar-refractivity contribution in [1.82, 2.24) is 35.3 Å². The minimum atomic E-state index is -0.120. The molecule has 0 bridgehead atoms. The van der Waals surface area contributed by atoms with Gasteiger partial charge in [0.1, 0.15) is 5.82 Å². The summed E-state index contributed by atoms with van der Waals surface area (Å²) in [6.07, 6.45) is 1.70. The van der Waals surface area contributed by atoms with Crippen LogP contribution in [0.25, 0.3) is 10.9 Å². The van der Waals surface area contributed by atoms with E-state index in [4.69, 9.17) is 0 Å². The van der Waals surface area contributed by atoms with Crippen molar-refractivity contribution in [3.8, 4) is 0 Å². The average molecular weight is 442 g/mol. The molecule has 1 aromatic carbocycles. The minimum Gasteiger partial charge on any atom is -0.358 e. The number of nitrogens with zero attached hydrogens (tertiary/aromatic N) is 4. The van der Waals surface area contributed by atoms with Crippen molar-refractivity contribution < 1.29 is 9.59 Å². The molecule has 10 heteroatoms. The van der Waals surface area contributed by atoms with E-state index in [1.807, 2.05) is 23.1 Å². The molecule has 0 unspecified atom stereocenters. The van der Waals surface area contributed by atoms with E-state index in [0.717, 1.165) is 39.0 Å². The van der Waals surface area contributed by atoms with Gasteiger partial charge in [-0.1, -0.05) is 12.1 Å². The van der Waals surface area contributed by atoms with E-state index in [0.29, 0.717) is 42.9 Å². The van der Waals surface area contributed by atoms with Gasteiger partial charge in [0.25, 0.3) is 5.56 Å². The first-order valence-electron chi connectivity index (χ1n) is 11.2. The van der Waals surface area contributed by atoms with Crippen LogP contribution in [-0.2, 0) is 11.3 Å². The van der Waals surface area contributed by atoms with Gasteiger partial charge < -0.3 is 20.5 Å². The Morgan fingerprint density at radius 2 is 1.78 bits per heavy atom. The molecule has 0 aliphatic carbocycles. The lowest BCUT2D eigenvalue weighted by Gasteiger charge is -2.37. The van der Waals surface area contributed by atoms with E-state index in [-0.39, 0.29) is 23.5 Å². The first kappa shape index (κ1) is 22.2. The number of H-pyrrole nitrogens is 1. The third kappa shape index (κ3) is 5.43. The summed E-state index contributed by atoms with van der Waals surface area (Å²) in [7, 11) is 1.65. The lowest BCUT2D eigenvalue weighted by molar-refractivity contribution is -0.122. The SMILES string of the molecule is CNC(=O)CN1CCC(NC(=O)N2CCN(Cc3nc4ccccc4c(=O)[nH]3)CC2)CC1. The fraction of sp³-hybridized carbons (Fsp3) is 0.545. The van der Waals surface area contributed by atoms with Crippen LogP contribution in [0.5, 0.6) is 0 Å². The quantitative estimate of drug-likeness (QED) is 0.600. The third-order valence-corrected chi connectivity index (χ3v) is 6.26. The number of carbonyl (C=O) groups is 2. The van der Waals surface area contributed by atoms with E-state index < -0.39 is 0 Å². The first-order valence-corrected chi connectivity index (χ1v) is 11.2. The Morgan fingerprint density at radius 3 is 2.50 bits per heavy atom. The Bertz CT molecular complexity index is 1010. The van der Waals surface area contributed by atoms with Gasteiger partial charge in [0.2, 0.25) is 5.91 Å². The fourth-order valence-corrected chi connectivity index (χ4v) is 4.31. The number of aromatic amines is 1. The number of piperazine rings is 1. The number of fused-ring (bicyclic) bond motifs is 1. The Balaban J connectivity index is 1.22. The van der Waals surface area contributed by atoms with Crippen LogP contribution in [0.3, 0.4) is 0 Å². The molecule has 3 amide bonds. The zero-order valence-corrected chi connectivity index (χ0v) is 18.5. The van der Waals surface area contributed by atoms with Crippen LogP contribution in [0, 0.1) is 0 Å². The number of hydrogen-bond donors (Lipinski definition) is 3. The number of rotatable bonds is 5. The van der Waals surface area contributed by atoms with Crippen molar-refractivity contribution in [3.05, 3.63) is 40.4 Å². The van der Waals surface area contributed by atoms with Gasteiger partial charge in [0, 0.05) is 52.4 Å². The van der Waals surface area contributed by atoms with Crippen LogP contribution >= 0.6 is 0 Å². The summed E-state index contributed by atoms with van der Waals surface area (Å²) in [6.45, 7) is 5.32. The second-order valence-electron chi connectivity index (χ2n) is 8.47. The van der Waals surface area contributed by atoms with Crippen LogP contribution in [0.4, 0.5) is 4.79 Å². The maximum atomic E-state index is 12.7. The zero-order valence-electron chi connectivity index (χ0n) is 18.5. The van der Waals surface area contributed by atoms with E-state index >= 15 is 0 Å². The summed E-state index contributed by atoms with van der Waals surface area (Å²) >= 11 is 0. The van der Waals surface area contributed by atoms with Crippen molar-refractivity contribution in [2.45, 2.75) is 25.4 Å². The standard InChI is InChI=1S/C22H31N7O3/c1-23-20(30)15-27-8-6-16(7-9-27)24-22(32)29-12-10-28(11-13-29)14-19-25-18-5-3-2-4-17(18)21(31)26-19/h2-5,16H,6-15H2,1H3,(H,23,30)(H,24,32)(H,25,26,31). The van der Waals surface area contributed by atoms with Crippen LogP contribution in [0.2, 0.25) is 0 Å². The van der Waals surface area contributed by atoms with Crippen molar-refractivity contribution >= 4 is 22.8 Å². The number of likely N-dealkylation sites (N-methyl/N-ethyl adjacent to an activating group) is 1. The number of urea groups is 1. The topological polar surface area (TPSA) is 114 Å². The highest BCUT2D eigenvalue weighted by molar-refractivity contribution is 5.78. The van der Waals surface area contributed by atoms with Gasteiger partial charge in [-0.05, 0) is 25.0 Å². The minimum absolute atomic E-state index is 0.0216. The first-order chi connectivity index (χ1) is 15.5. The third-order valence-electron chi connectivity index (χ3n) is 6.26. The molecule has 2 saturated heterocycles. The molecule has 4 rings (SSSR count). The summed E-state index contributed by atoms with van der Waals surface area (Å²) in [5, 5.41) is 6.39. The monoisotopic (exact) mass is 441 g/mol. The number of piperidine rings is 1. The molecule has 0 spiro atoms. The molecule has 2 aliphatic heterocycles. The number of para-hydroxylation sites is 1. The van der Waals surface area contributed by atoms with E-state index in [1.165, 1.54) is 0 Å². The molecule has 3 N–H and O–H groups in total. The maximum Gasteiger partial charge on any atom is 0.317 e. The molecule has 3 heterocycles. The van der Waals surface area contributed by atoms with Crippen LogP contribution in [0.1, 0.15) is 18.7 Å². The number of likely N-dealkylation sites (tertiary alicyclic amines) is 1. The van der Waals surface area contributed by atoms with Gasteiger partial charge in [0.15, 0.2) is 0 Å². The van der Waals surface area contributed by atoms with Gasteiger partial charge in [-0.25, -0.2) is 9.78 Å². The zero-order chi connectivity index (χ0) is 22.5. The molecule has 0 saturated carbocycles. The van der Waals surface area contributed by atoms with Crippen molar-refractivity contribution in [1.29, 1.82) is 0 Å². The number of nitrogens with one attached hydrogen (secondary N) is 3. The number of hydrogen-bond acceptors (Lipinski definition) is 6. The van der Waals surface area contributed by atoms with Gasteiger partial charge in [-0.3, -0.25) is 19.4 Å². The largest absolute Gasteiger partial charge is 0.358 e. The number of amides is 3. The summed E-state index contributed by atoms with van der Waals surface area (Å²) < 4.78 is 0. The molecule has 32 heavy (non-hydrogen) atoms. The van der Waals surface area contributed by atoms with Gasteiger partial charge >= 0.3 is 6.03 Å². The number of benzene rings is 1. The smallest absolute Gasteiger partial charge is 0.317 e. The Hall–Kier alpha value is -2.98. The molecule has 0 atom stereocenters. The van der Waals surface area contributed by atoms with Crippen molar-refractivity contribution in [3.63, 3.8) is 0 Å². The molecule has 1 aromatic heterocycles. The van der Waals surface area contributed by atoms with Crippen molar-refractivity contribution in [2.24, 2.45) is 0 Å². The molecule has 2 aromatic rings. The fourth-order valence-electron chi connectivity index (χ4n) is 4.31. The lowest BCUT2D eigenvalue weighted by atomic mass is 10.1. The molecular weight excluding hydrogens is 410 g/mol. The summed E-state index contributed by atoms with van der Waals surface area (Å²) in [5.41, 5.74) is 0.579. The summed E-state index contributed by atoms with van der Waals surface area (Å²) in [4.78, 5) is 50.1. The lowest BCUT2D eigenvalue weighted by Crippen LogP contribution is -2.55. The molecule has 0 radical (unpaired) electrons. The predicted octanol–water partition coefficient (Wildman–Crippen LogP) is -0.0393. The highest BCUT2D eigenvalue weighted by Crippen LogP contribution is 2.12. The van der Waals surface area contributed by atoms with Crippen LogP contribution in [0.15, 0.2) is 29.1 Å². The Labute approximate surface area is 187 Å². The Kier molecular flexibility index (Phi) is 7.01. The van der Waals surface area contributed by atoms with Crippen LogP contribution < -0.4 is 16.2 Å².